The summed E-state index contributed by atoms with van der Waals surface area (Å²) in [5.41, 5.74) is 5.98. The van der Waals surface area contributed by atoms with Crippen molar-refractivity contribution in [2.24, 2.45) is 15.9 Å². The number of hydrogen-bond acceptors (Lipinski definition) is 4. The minimum Gasteiger partial charge on any atom is -0.323 e. The summed E-state index contributed by atoms with van der Waals surface area (Å²) in [6.45, 7) is 2.93. The molecule has 0 saturated heterocycles. The first kappa shape index (κ1) is 23.9. The van der Waals surface area contributed by atoms with E-state index in [1.165, 1.54) is 0 Å². The highest BCUT2D eigenvalue weighted by Gasteiger charge is 2.28. The van der Waals surface area contributed by atoms with Crippen LogP contribution >= 0.6 is 0 Å². The van der Waals surface area contributed by atoms with Crippen molar-refractivity contribution in [2.45, 2.75) is 26.3 Å². The van der Waals surface area contributed by atoms with E-state index >= 15 is 0 Å². The molecule has 0 unspecified atom stereocenters. The van der Waals surface area contributed by atoms with Crippen LogP contribution in [0.2, 0.25) is 0 Å². The lowest BCUT2D eigenvalue weighted by atomic mass is 9.91. The molecular formula is C30H30N4O. The van der Waals surface area contributed by atoms with E-state index in [1.54, 1.807) is 0 Å². The largest absolute Gasteiger partial charge is 0.323 e. The maximum Gasteiger partial charge on any atom is 0.227 e. The molecule has 1 heterocycles. The minimum absolute atomic E-state index is 0.0905. The number of para-hydroxylation sites is 1. The molecule has 0 bridgehead atoms. The second kappa shape index (κ2) is 11.7. The normalized spacial score (nSPS) is 17.3. The Bertz CT molecular complexity index is 1270. The van der Waals surface area contributed by atoms with E-state index in [4.69, 9.17) is 10.8 Å². The van der Waals surface area contributed by atoms with Crippen molar-refractivity contribution in [2.75, 3.05) is 11.4 Å². The molecule has 176 valence electrons. The summed E-state index contributed by atoms with van der Waals surface area (Å²) in [6, 6.07) is 15.8. The van der Waals surface area contributed by atoms with Crippen LogP contribution in [-0.2, 0) is 11.3 Å². The molecule has 2 aromatic rings. The highest BCUT2D eigenvalue weighted by Crippen LogP contribution is 2.30. The van der Waals surface area contributed by atoms with Crippen LogP contribution < -0.4 is 10.7 Å². The third-order valence-electron chi connectivity index (χ3n) is 5.86. The van der Waals surface area contributed by atoms with Crippen molar-refractivity contribution >= 4 is 23.0 Å². The summed E-state index contributed by atoms with van der Waals surface area (Å²) in [6.07, 6.45) is 19.4. The van der Waals surface area contributed by atoms with E-state index in [0.717, 1.165) is 34.4 Å². The molecule has 2 aliphatic rings. The van der Waals surface area contributed by atoms with Gasteiger partial charge in [0.2, 0.25) is 5.91 Å². The lowest BCUT2D eigenvalue weighted by Crippen LogP contribution is -2.35. The number of fused-ring (bicyclic) bond motifs is 2. The van der Waals surface area contributed by atoms with Crippen LogP contribution in [0.4, 0.5) is 5.69 Å². The standard InChI is InChI=1S/C30H30N4O/c1-2-13-28(35)34-22-24-17-7-8-18-25(24)30(33-31)29(26-19-9-10-20-27(26)34)32-21-12-11-16-23-14-5-3-4-6-15-23/h3-12,14-20H,2,13,21-22,31H2,1H3/b12-11+,32-29?,33-30?. The summed E-state index contributed by atoms with van der Waals surface area (Å²) >= 11 is 0. The first-order chi connectivity index (χ1) is 17.2. The summed E-state index contributed by atoms with van der Waals surface area (Å²) in [5.74, 6) is 6.04. The summed E-state index contributed by atoms with van der Waals surface area (Å²) in [5, 5.41) is 4.18. The second-order valence-corrected chi connectivity index (χ2v) is 8.27. The Labute approximate surface area is 207 Å². The molecule has 0 atom stereocenters. The number of allylic oxidation sites excluding steroid dienone is 9. The van der Waals surface area contributed by atoms with E-state index in [1.807, 2.05) is 103 Å². The topological polar surface area (TPSA) is 71.0 Å². The Kier molecular flexibility index (Phi) is 8.02. The zero-order valence-corrected chi connectivity index (χ0v) is 20.0. The molecule has 4 rings (SSSR count). The molecule has 1 aliphatic carbocycles. The Morgan fingerprint density at radius 2 is 1.69 bits per heavy atom. The number of nitrogens with zero attached hydrogens (tertiary/aromatic N) is 3. The predicted molar refractivity (Wildman–Crippen MR) is 146 cm³/mol. The van der Waals surface area contributed by atoms with Gasteiger partial charge in [0.25, 0.3) is 0 Å². The van der Waals surface area contributed by atoms with Crippen LogP contribution in [0.5, 0.6) is 0 Å². The Hall–Kier alpha value is -4.25. The van der Waals surface area contributed by atoms with E-state index in [9.17, 15) is 4.79 Å². The summed E-state index contributed by atoms with van der Waals surface area (Å²) in [4.78, 5) is 19.9. The third kappa shape index (κ3) is 5.64. The van der Waals surface area contributed by atoms with Crippen molar-refractivity contribution in [3.63, 3.8) is 0 Å². The van der Waals surface area contributed by atoms with Crippen molar-refractivity contribution in [1.82, 2.24) is 0 Å². The number of carbonyl (C=O) groups is 1. The smallest absolute Gasteiger partial charge is 0.227 e. The number of hydrazone groups is 1. The van der Waals surface area contributed by atoms with Crippen LogP contribution in [0.25, 0.3) is 0 Å². The lowest BCUT2D eigenvalue weighted by molar-refractivity contribution is -0.118. The van der Waals surface area contributed by atoms with Gasteiger partial charge in [-0.05, 0) is 23.6 Å². The molecule has 0 aromatic heterocycles. The van der Waals surface area contributed by atoms with Gasteiger partial charge in [-0.25, -0.2) is 0 Å². The fourth-order valence-corrected chi connectivity index (χ4v) is 4.18. The maximum absolute atomic E-state index is 13.2. The first-order valence-electron chi connectivity index (χ1n) is 11.9. The predicted octanol–water partition coefficient (Wildman–Crippen LogP) is 5.65. The van der Waals surface area contributed by atoms with Gasteiger partial charge in [0.05, 0.1) is 24.5 Å². The number of hydrogen-bond donors (Lipinski definition) is 1. The molecule has 5 nitrogen and oxygen atoms in total. The van der Waals surface area contributed by atoms with Gasteiger partial charge in [0.1, 0.15) is 5.71 Å². The van der Waals surface area contributed by atoms with Crippen LogP contribution in [0.1, 0.15) is 36.5 Å². The van der Waals surface area contributed by atoms with Gasteiger partial charge in [0.15, 0.2) is 0 Å². The number of aliphatic imine (C=N–C) groups is 1. The lowest BCUT2D eigenvalue weighted by Gasteiger charge is -2.29. The van der Waals surface area contributed by atoms with Crippen LogP contribution in [0.3, 0.4) is 0 Å². The first-order valence-corrected chi connectivity index (χ1v) is 11.9. The number of carbonyl (C=O) groups excluding carboxylic acids is 1. The monoisotopic (exact) mass is 462 g/mol. The molecule has 2 N–H and O–H groups in total. The Morgan fingerprint density at radius 3 is 2.43 bits per heavy atom. The Balaban J connectivity index is 1.76. The van der Waals surface area contributed by atoms with Crippen LogP contribution in [0.15, 0.2) is 119 Å². The van der Waals surface area contributed by atoms with Gasteiger partial charge in [-0.3, -0.25) is 9.79 Å². The van der Waals surface area contributed by atoms with Crippen molar-refractivity contribution < 1.29 is 4.79 Å². The average molecular weight is 463 g/mol. The van der Waals surface area contributed by atoms with E-state index < -0.39 is 0 Å². The molecule has 35 heavy (non-hydrogen) atoms. The molecule has 5 heteroatoms. The summed E-state index contributed by atoms with van der Waals surface area (Å²) < 4.78 is 0. The quantitative estimate of drug-likeness (QED) is 0.461. The molecule has 0 radical (unpaired) electrons. The summed E-state index contributed by atoms with van der Waals surface area (Å²) in [7, 11) is 0. The molecule has 0 spiro atoms. The molecule has 1 aliphatic heterocycles. The van der Waals surface area contributed by atoms with Crippen LogP contribution in [0, 0.1) is 0 Å². The molecule has 0 fully saturated rings. The van der Waals surface area contributed by atoms with Crippen molar-refractivity contribution in [3.05, 3.63) is 125 Å². The number of amides is 1. The van der Waals surface area contributed by atoms with E-state index in [2.05, 4.69) is 17.3 Å². The van der Waals surface area contributed by atoms with Crippen molar-refractivity contribution in [3.8, 4) is 0 Å². The average Bonchev–Trinajstić information content (AvgIpc) is 3.15. The zero-order valence-electron chi connectivity index (χ0n) is 20.0. The second-order valence-electron chi connectivity index (χ2n) is 8.27. The van der Waals surface area contributed by atoms with Gasteiger partial charge in [-0.1, -0.05) is 104 Å². The highest BCUT2D eigenvalue weighted by atomic mass is 16.2. The fourth-order valence-electron chi connectivity index (χ4n) is 4.18. The van der Waals surface area contributed by atoms with Gasteiger partial charge < -0.3 is 10.7 Å². The molecule has 0 saturated carbocycles. The minimum atomic E-state index is 0.0905. The van der Waals surface area contributed by atoms with Crippen molar-refractivity contribution in [1.29, 1.82) is 0 Å². The number of rotatable bonds is 5. The molecular weight excluding hydrogens is 432 g/mol. The molecule has 2 aromatic carbocycles. The van der Waals surface area contributed by atoms with Gasteiger partial charge >= 0.3 is 0 Å². The number of nitrogens with two attached hydrogens (primary N) is 1. The van der Waals surface area contributed by atoms with Gasteiger partial charge in [-0.15, -0.1) is 0 Å². The maximum atomic E-state index is 13.2. The zero-order chi connectivity index (χ0) is 24.5. The molecule has 1 amide bonds. The number of benzene rings is 2. The van der Waals surface area contributed by atoms with Gasteiger partial charge in [-0.2, -0.15) is 5.10 Å². The number of anilines is 1. The third-order valence-corrected chi connectivity index (χ3v) is 5.86. The fraction of sp³-hybridized carbons (Fsp3) is 0.167. The van der Waals surface area contributed by atoms with E-state index in [0.29, 0.717) is 30.9 Å². The SMILES string of the molecule is CCCC(=O)N1Cc2ccccc2C(=NN)C(=NC/C=C/C=C2C=CC=CC=C2)c2ccccc21. The van der Waals surface area contributed by atoms with E-state index in [-0.39, 0.29) is 5.91 Å². The Morgan fingerprint density at radius 1 is 0.971 bits per heavy atom. The van der Waals surface area contributed by atoms with Gasteiger partial charge in [0, 0.05) is 17.5 Å². The van der Waals surface area contributed by atoms with Crippen LogP contribution in [-0.4, -0.2) is 23.9 Å². The highest BCUT2D eigenvalue weighted by molar-refractivity contribution is 6.54.